The summed E-state index contributed by atoms with van der Waals surface area (Å²) in [6.45, 7) is 7.55. The van der Waals surface area contributed by atoms with Crippen LogP contribution < -0.4 is 0 Å². The molecule has 3 fully saturated rings. The summed E-state index contributed by atoms with van der Waals surface area (Å²) >= 11 is 0. The van der Waals surface area contributed by atoms with Crippen molar-refractivity contribution in [3.05, 3.63) is 0 Å². The fourth-order valence-corrected chi connectivity index (χ4v) is 2.76. The molecule has 5 nitrogen and oxygen atoms in total. The summed E-state index contributed by atoms with van der Waals surface area (Å²) < 4.78 is 41.5. The molecule has 3 aliphatic heterocycles. The van der Waals surface area contributed by atoms with E-state index in [0.717, 1.165) is 0 Å². The highest BCUT2D eigenvalue weighted by Gasteiger charge is 2.59. The molecule has 0 aromatic heterocycles. The zero-order valence-corrected chi connectivity index (χ0v) is 11.0. The fourth-order valence-electron chi connectivity index (χ4n) is 2.76. The summed E-state index contributed by atoms with van der Waals surface area (Å²) in [7, 11) is 0. The third kappa shape index (κ3) is 2.06. The summed E-state index contributed by atoms with van der Waals surface area (Å²) in [6, 6.07) is 0. The van der Waals surface area contributed by atoms with Gasteiger partial charge in [-0.25, -0.2) is 4.39 Å². The monoisotopic (exact) mass is 262 g/mol. The Hall–Kier alpha value is -0.270. The van der Waals surface area contributed by atoms with Crippen LogP contribution >= 0.6 is 0 Å². The van der Waals surface area contributed by atoms with E-state index in [0.29, 0.717) is 6.61 Å². The molecule has 0 radical (unpaired) electrons. The second-order valence-electron chi connectivity index (χ2n) is 5.88. The molecule has 0 bridgehead atoms. The van der Waals surface area contributed by atoms with Crippen LogP contribution in [0.1, 0.15) is 27.7 Å². The molecule has 2 unspecified atom stereocenters. The Morgan fingerprint density at radius 3 is 2.17 bits per heavy atom. The van der Waals surface area contributed by atoms with Crippen molar-refractivity contribution in [3.63, 3.8) is 0 Å². The molecule has 0 N–H and O–H groups in total. The van der Waals surface area contributed by atoms with E-state index in [9.17, 15) is 4.39 Å². The predicted octanol–water partition coefficient (Wildman–Crippen LogP) is 1.35. The summed E-state index contributed by atoms with van der Waals surface area (Å²) in [5.74, 6) is -1.44. The van der Waals surface area contributed by atoms with Crippen LogP contribution in [0, 0.1) is 0 Å². The maximum absolute atomic E-state index is 13.8. The van der Waals surface area contributed by atoms with Gasteiger partial charge in [0, 0.05) is 0 Å². The average molecular weight is 262 g/mol. The number of ether oxygens (including phenoxy) is 5. The van der Waals surface area contributed by atoms with Crippen molar-refractivity contribution in [1.29, 1.82) is 0 Å². The first-order chi connectivity index (χ1) is 8.27. The third-order valence-electron chi connectivity index (χ3n) is 3.43. The number of hydrogen-bond acceptors (Lipinski definition) is 5. The highest BCUT2D eigenvalue weighted by Crippen LogP contribution is 2.42. The molecule has 3 saturated heterocycles. The first kappa shape index (κ1) is 12.7. The third-order valence-corrected chi connectivity index (χ3v) is 3.43. The van der Waals surface area contributed by atoms with Crippen molar-refractivity contribution in [2.24, 2.45) is 0 Å². The molecule has 5 atom stereocenters. The van der Waals surface area contributed by atoms with Crippen molar-refractivity contribution in [2.45, 2.75) is 70.0 Å². The lowest BCUT2D eigenvalue weighted by Gasteiger charge is -2.25. The molecule has 18 heavy (non-hydrogen) atoms. The van der Waals surface area contributed by atoms with Crippen LogP contribution in [-0.2, 0) is 23.7 Å². The van der Waals surface area contributed by atoms with Crippen LogP contribution in [0.4, 0.5) is 4.39 Å². The Morgan fingerprint density at radius 1 is 0.889 bits per heavy atom. The van der Waals surface area contributed by atoms with E-state index in [-0.39, 0.29) is 6.10 Å². The lowest BCUT2D eigenvalue weighted by Crippen LogP contribution is -2.40. The van der Waals surface area contributed by atoms with Gasteiger partial charge in [-0.15, -0.1) is 0 Å². The highest BCUT2D eigenvalue weighted by molar-refractivity contribution is 4.99. The first-order valence-corrected chi connectivity index (χ1v) is 6.24. The quantitative estimate of drug-likeness (QED) is 0.714. The van der Waals surface area contributed by atoms with Gasteiger partial charge in [0.25, 0.3) is 0 Å². The largest absolute Gasteiger partial charge is 0.348 e. The molecule has 0 spiro atoms. The number of hydrogen-bond donors (Lipinski definition) is 0. The summed E-state index contributed by atoms with van der Waals surface area (Å²) in [4.78, 5) is 0. The first-order valence-electron chi connectivity index (χ1n) is 6.24. The molecular formula is C12H19FO5. The van der Waals surface area contributed by atoms with E-state index in [1.807, 2.05) is 13.8 Å². The van der Waals surface area contributed by atoms with Crippen molar-refractivity contribution >= 4 is 0 Å². The lowest BCUT2D eigenvalue weighted by molar-refractivity contribution is -0.221. The Kier molecular flexibility index (Phi) is 2.74. The van der Waals surface area contributed by atoms with Gasteiger partial charge in [0.15, 0.2) is 11.6 Å². The second kappa shape index (κ2) is 3.86. The Balaban J connectivity index is 1.75. The minimum atomic E-state index is -1.48. The van der Waals surface area contributed by atoms with Gasteiger partial charge in [0.2, 0.25) is 6.36 Å². The van der Waals surface area contributed by atoms with Crippen LogP contribution in [0.2, 0.25) is 0 Å². The number of halogens is 1. The average Bonchev–Trinajstić information content (AvgIpc) is 2.81. The van der Waals surface area contributed by atoms with Gasteiger partial charge in [-0.1, -0.05) is 0 Å². The normalized spacial score (nSPS) is 49.5. The Labute approximate surface area is 105 Å². The molecule has 0 aromatic carbocycles. The van der Waals surface area contributed by atoms with Crippen molar-refractivity contribution in [3.8, 4) is 0 Å². The van der Waals surface area contributed by atoms with Crippen molar-refractivity contribution in [1.82, 2.24) is 0 Å². The second-order valence-corrected chi connectivity index (χ2v) is 5.88. The smallest absolute Gasteiger partial charge is 0.228 e. The highest BCUT2D eigenvalue weighted by atomic mass is 19.1. The maximum Gasteiger partial charge on any atom is 0.228 e. The minimum absolute atomic E-state index is 0.328. The molecular weight excluding hydrogens is 243 g/mol. The van der Waals surface area contributed by atoms with Gasteiger partial charge in [-0.3, -0.25) is 0 Å². The van der Waals surface area contributed by atoms with Gasteiger partial charge in [0.05, 0.1) is 6.61 Å². The minimum Gasteiger partial charge on any atom is -0.348 e. The van der Waals surface area contributed by atoms with E-state index < -0.39 is 36.2 Å². The van der Waals surface area contributed by atoms with E-state index >= 15 is 0 Å². The standard InChI is InChI=1S/C12H19FO5/c1-11(2)14-5-6(16-11)7-8-9(10(13)15-7)18-12(3,4)17-8/h6-10H,5H2,1-4H3/t6?,7?,8-,9-,10-/m0/s1. The zero-order chi connectivity index (χ0) is 13.1. The van der Waals surface area contributed by atoms with E-state index in [4.69, 9.17) is 23.7 Å². The SMILES string of the molecule is CC1(C)OCC(C2O[C@H](F)[C@H]3OC(C)(C)O[C@@H]23)O1. The zero-order valence-electron chi connectivity index (χ0n) is 11.0. The van der Waals surface area contributed by atoms with Crippen LogP contribution in [-0.4, -0.2) is 49.0 Å². The molecule has 3 aliphatic rings. The van der Waals surface area contributed by atoms with Gasteiger partial charge >= 0.3 is 0 Å². The van der Waals surface area contributed by atoms with Crippen LogP contribution in [0.5, 0.6) is 0 Å². The van der Waals surface area contributed by atoms with Crippen LogP contribution in [0.3, 0.4) is 0 Å². The lowest BCUT2D eigenvalue weighted by atomic mass is 10.1. The fraction of sp³-hybridized carbons (Fsp3) is 1.00. The van der Waals surface area contributed by atoms with E-state index in [1.54, 1.807) is 13.8 Å². The molecule has 3 rings (SSSR count). The number of rotatable bonds is 1. The predicted molar refractivity (Wildman–Crippen MR) is 58.5 cm³/mol. The van der Waals surface area contributed by atoms with E-state index in [2.05, 4.69) is 0 Å². The molecule has 0 saturated carbocycles. The molecule has 104 valence electrons. The van der Waals surface area contributed by atoms with E-state index in [1.165, 1.54) is 0 Å². The van der Waals surface area contributed by atoms with Crippen LogP contribution in [0.15, 0.2) is 0 Å². The number of fused-ring (bicyclic) bond motifs is 1. The molecule has 6 heteroatoms. The van der Waals surface area contributed by atoms with Gasteiger partial charge in [-0.05, 0) is 27.7 Å². The topological polar surface area (TPSA) is 46.2 Å². The van der Waals surface area contributed by atoms with Crippen molar-refractivity contribution in [2.75, 3.05) is 6.61 Å². The maximum atomic E-state index is 13.8. The Morgan fingerprint density at radius 2 is 1.56 bits per heavy atom. The van der Waals surface area contributed by atoms with Crippen LogP contribution in [0.25, 0.3) is 0 Å². The van der Waals surface area contributed by atoms with Gasteiger partial charge < -0.3 is 23.7 Å². The summed E-state index contributed by atoms with van der Waals surface area (Å²) in [5, 5.41) is 0. The van der Waals surface area contributed by atoms with Gasteiger partial charge in [-0.2, -0.15) is 0 Å². The molecule has 0 aliphatic carbocycles. The van der Waals surface area contributed by atoms with Crippen molar-refractivity contribution < 1.29 is 28.1 Å². The summed E-state index contributed by atoms with van der Waals surface area (Å²) in [6.07, 6.45) is -3.43. The molecule has 3 heterocycles. The van der Waals surface area contributed by atoms with Gasteiger partial charge in [0.1, 0.15) is 24.4 Å². The number of alkyl halides is 1. The Bertz CT molecular complexity index is 345. The summed E-state index contributed by atoms with van der Waals surface area (Å²) in [5.41, 5.74) is 0. The molecule has 0 amide bonds. The molecule has 0 aromatic rings.